The van der Waals surface area contributed by atoms with E-state index in [0.29, 0.717) is 11.8 Å². The zero-order valence-corrected chi connectivity index (χ0v) is 9.90. The number of rotatable bonds is 3. The zero-order valence-electron chi connectivity index (χ0n) is 9.90. The maximum Gasteiger partial charge on any atom is 0.226 e. The molecule has 0 spiro atoms. The highest BCUT2D eigenvalue weighted by atomic mass is 16.2. The van der Waals surface area contributed by atoms with Crippen LogP contribution in [0.25, 0.3) is 0 Å². The summed E-state index contributed by atoms with van der Waals surface area (Å²) >= 11 is 0. The molecule has 1 atom stereocenters. The Morgan fingerprint density at radius 1 is 1.38 bits per heavy atom. The van der Waals surface area contributed by atoms with Gasteiger partial charge in [-0.2, -0.15) is 0 Å². The first-order valence-electron chi connectivity index (χ1n) is 6.45. The lowest BCUT2D eigenvalue weighted by molar-refractivity contribution is -0.137. The number of nitrogens with zero attached hydrogens (tertiary/aromatic N) is 1. The van der Waals surface area contributed by atoms with Gasteiger partial charge >= 0.3 is 0 Å². The lowest BCUT2D eigenvalue weighted by Crippen LogP contribution is -2.43. The average molecular weight is 222 g/mol. The maximum absolute atomic E-state index is 12.2. The van der Waals surface area contributed by atoms with Crippen molar-refractivity contribution in [2.75, 3.05) is 19.6 Å². The molecule has 0 aromatic rings. The Morgan fingerprint density at radius 3 is 2.81 bits per heavy atom. The molecule has 1 unspecified atom stereocenters. The highest BCUT2D eigenvalue weighted by Gasteiger charge is 2.28. The van der Waals surface area contributed by atoms with Gasteiger partial charge in [0.1, 0.15) is 0 Å². The van der Waals surface area contributed by atoms with Crippen molar-refractivity contribution in [1.29, 1.82) is 0 Å². The first kappa shape index (κ1) is 11.6. The molecule has 0 saturated carbocycles. The Morgan fingerprint density at radius 2 is 2.12 bits per heavy atom. The predicted octanol–water partition coefficient (Wildman–Crippen LogP) is 1.54. The summed E-state index contributed by atoms with van der Waals surface area (Å²) in [5.41, 5.74) is 5.59. The quantitative estimate of drug-likeness (QED) is 0.736. The molecule has 1 fully saturated rings. The molecule has 1 aliphatic carbocycles. The van der Waals surface area contributed by atoms with Gasteiger partial charge in [0.15, 0.2) is 0 Å². The van der Waals surface area contributed by atoms with Gasteiger partial charge in [0, 0.05) is 19.0 Å². The van der Waals surface area contributed by atoms with Crippen LogP contribution in [0.4, 0.5) is 0 Å². The number of allylic oxidation sites excluding steroid dienone is 2. The molecule has 2 aliphatic rings. The van der Waals surface area contributed by atoms with Crippen molar-refractivity contribution >= 4 is 5.91 Å². The van der Waals surface area contributed by atoms with Gasteiger partial charge in [-0.15, -0.1) is 0 Å². The van der Waals surface area contributed by atoms with E-state index in [1.165, 1.54) is 6.42 Å². The molecular formula is C13H22N2O. The highest BCUT2D eigenvalue weighted by Crippen LogP contribution is 2.25. The number of carbonyl (C=O) groups is 1. The van der Waals surface area contributed by atoms with Crippen LogP contribution in [0.1, 0.15) is 32.1 Å². The summed E-state index contributed by atoms with van der Waals surface area (Å²) in [5.74, 6) is 1.24. The van der Waals surface area contributed by atoms with Crippen molar-refractivity contribution < 1.29 is 4.79 Å². The lowest BCUT2D eigenvalue weighted by atomic mass is 9.93. The molecule has 0 bridgehead atoms. The summed E-state index contributed by atoms with van der Waals surface area (Å²) in [7, 11) is 0. The summed E-state index contributed by atoms with van der Waals surface area (Å²) in [6, 6.07) is 0. The van der Waals surface area contributed by atoms with E-state index in [2.05, 4.69) is 17.1 Å². The van der Waals surface area contributed by atoms with Crippen LogP contribution in [0, 0.1) is 11.8 Å². The van der Waals surface area contributed by atoms with Crippen LogP contribution in [0.5, 0.6) is 0 Å². The van der Waals surface area contributed by atoms with E-state index in [0.717, 1.165) is 45.3 Å². The highest BCUT2D eigenvalue weighted by molar-refractivity contribution is 5.79. The van der Waals surface area contributed by atoms with Crippen molar-refractivity contribution in [2.45, 2.75) is 32.1 Å². The number of nitrogens with two attached hydrogens (primary N) is 1. The molecule has 0 aromatic heterocycles. The van der Waals surface area contributed by atoms with Crippen molar-refractivity contribution in [1.82, 2.24) is 4.90 Å². The van der Waals surface area contributed by atoms with Crippen LogP contribution < -0.4 is 5.73 Å². The molecule has 1 aliphatic heterocycles. The Labute approximate surface area is 97.7 Å². The van der Waals surface area contributed by atoms with Gasteiger partial charge in [0.05, 0.1) is 0 Å². The third-order valence-corrected chi connectivity index (χ3v) is 3.76. The van der Waals surface area contributed by atoms with Gasteiger partial charge in [0.25, 0.3) is 0 Å². The maximum atomic E-state index is 12.2. The van der Waals surface area contributed by atoms with Crippen LogP contribution >= 0.6 is 0 Å². The SMILES string of the molecule is NCCC1CCCN(C(=O)C2CC=CC2)C1. The van der Waals surface area contributed by atoms with Gasteiger partial charge in [0.2, 0.25) is 5.91 Å². The van der Waals surface area contributed by atoms with E-state index in [-0.39, 0.29) is 5.92 Å². The van der Waals surface area contributed by atoms with Crippen LogP contribution in [0.3, 0.4) is 0 Å². The minimum atomic E-state index is 0.233. The van der Waals surface area contributed by atoms with Gasteiger partial charge < -0.3 is 10.6 Å². The molecule has 3 heteroatoms. The van der Waals surface area contributed by atoms with E-state index in [1.807, 2.05) is 0 Å². The molecular weight excluding hydrogens is 200 g/mol. The molecule has 2 N–H and O–H groups in total. The normalized spacial score (nSPS) is 26.3. The number of hydrogen-bond acceptors (Lipinski definition) is 2. The second kappa shape index (κ2) is 5.48. The Hall–Kier alpha value is -0.830. The van der Waals surface area contributed by atoms with Crippen LogP contribution in [0.15, 0.2) is 12.2 Å². The van der Waals surface area contributed by atoms with Crippen molar-refractivity contribution in [3.8, 4) is 0 Å². The van der Waals surface area contributed by atoms with E-state index >= 15 is 0 Å². The third kappa shape index (κ3) is 2.64. The van der Waals surface area contributed by atoms with E-state index in [4.69, 9.17) is 5.73 Å². The van der Waals surface area contributed by atoms with Crippen molar-refractivity contribution in [3.05, 3.63) is 12.2 Å². The lowest BCUT2D eigenvalue weighted by Gasteiger charge is -2.34. The number of hydrogen-bond donors (Lipinski definition) is 1. The summed E-state index contributed by atoms with van der Waals surface area (Å²) in [5, 5.41) is 0. The smallest absolute Gasteiger partial charge is 0.226 e. The number of carbonyl (C=O) groups excluding carboxylic acids is 1. The second-order valence-electron chi connectivity index (χ2n) is 5.01. The van der Waals surface area contributed by atoms with Crippen LogP contribution in [-0.4, -0.2) is 30.4 Å². The molecule has 2 rings (SSSR count). The summed E-state index contributed by atoms with van der Waals surface area (Å²) in [6.45, 7) is 2.64. The first-order valence-corrected chi connectivity index (χ1v) is 6.45. The topological polar surface area (TPSA) is 46.3 Å². The zero-order chi connectivity index (χ0) is 11.4. The first-order chi connectivity index (χ1) is 7.81. The van der Waals surface area contributed by atoms with Gasteiger partial charge in [-0.25, -0.2) is 0 Å². The van der Waals surface area contributed by atoms with Gasteiger partial charge in [-0.1, -0.05) is 12.2 Å². The summed E-state index contributed by atoms with van der Waals surface area (Å²) in [4.78, 5) is 14.3. The van der Waals surface area contributed by atoms with Crippen molar-refractivity contribution in [3.63, 3.8) is 0 Å². The summed E-state index contributed by atoms with van der Waals surface area (Å²) in [6.07, 6.45) is 9.59. The van der Waals surface area contributed by atoms with Crippen molar-refractivity contribution in [2.24, 2.45) is 17.6 Å². The Balaban J connectivity index is 1.86. The summed E-state index contributed by atoms with van der Waals surface area (Å²) < 4.78 is 0. The predicted molar refractivity (Wildman–Crippen MR) is 64.8 cm³/mol. The minimum absolute atomic E-state index is 0.233. The van der Waals surface area contributed by atoms with Gasteiger partial charge in [-0.3, -0.25) is 4.79 Å². The minimum Gasteiger partial charge on any atom is -0.342 e. The Bertz CT molecular complexity index is 265. The molecule has 90 valence electrons. The average Bonchev–Trinajstić information content (AvgIpc) is 2.82. The van der Waals surface area contributed by atoms with E-state index < -0.39 is 0 Å². The molecule has 1 heterocycles. The molecule has 3 nitrogen and oxygen atoms in total. The fourth-order valence-electron chi connectivity index (χ4n) is 2.81. The third-order valence-electron chi connectivity index (χ3n) is 3.76. The monoisotopic (exact) mass is 222 g/mol. The fraction of sp³-hybridized carbons (Fsp3) is 0.769. The second-order valence-corrected chi connectivity index (χ2v) is 5.01. The van der Waals surface area contributed by atoms with Crippen LogP contribution in [-0.2, 0) is 4.79 Å². The molecule has 16 heavy (non-hydrogen) atoms. The molecule has 1 saturated heterocycles. The molecule has 1 amide bonds. The van der Waals surface area contributed by atoms with E-state index in [9.17, 15) is 4.79 Å². The van der Waals surface area contributed by atoms with Crippen LogP contribution in [0.2, 0.25) is 0 Å². The molecule has 0 aromatic carbocycles. The fourth-order valence-corrected chi connectivity index (χ4v) is 2.81. The standard InChI is InChI=1S/C13H22N2O/c14-8-7-11-4-3-9-15(10-11)13(16)12-5-1-2-6-12/h1-2,11-12H,3-10,14H2. The number of likely N-dealkylation sites (tertiary alicyclic amines) is 1. The Kier molecular flexibility index (Phi) is 3.99. The number of amides is 1. The number of piperidine rings is 1. The van der Waals surface area contributed by atoms with Gasteiger partial charge in [-0.05, 0) is 44.6 Å². The van der Waals surface area contributed by atoms with E-state index in [1.54, 1.807) is 0 Å². The largest absolute Gasteiger partial charge is 0.342 e. The molecule has 0 radical (unpaired) electrons.